The molecular formula is C8H9ClN2O. The van der Waals surface area contributed by atoms with E-state index in [0.29, 0.717) is 16.5 Å². The monoisotopic (exact) mass is 184 g/mol. The smallest absolute Gasteiger partial charge is 0.166 e. The minimum atomic E-state index is 0.450. The second-order valence-corrected chi connectivity index (χ2v) is 2.76. The van der Waals surface area contributed by atoms with Crippen molar-refractivity contribution < 1.29 is 4.74 Å². The van der Waals surface area contributed by atoms with Crippen molar-refractivity contribution in [3.8, 4) is 5.75 Å². The summed E-state index contributed by atoms with van der Waals surface area (Å²) in [5, 5.41) is 7.99. The average molecular weight is 185 g/mol. The second-order valence-electron chi connectivity index (χ2n) is 2.35. The molecule has 0 saturated carbocycles. The van der Waals surface area contributed by atoms with Crippen LogP contribution in [-0.4, -0.2) is 17.3 Å². The summed E-state index contributed by atoms with van der Waals surface area (Å²) >= 11 is 5.80. The third-order valence-corrected chi connectivity index (χ3v) is 1.64. The molecule has 0 saturated heterocycles. The Kier molecular flexibility index (Phi) is 2.65. The first-order valence-corrected chi connectivity index (χ1v) is 3.75. The summed E-state index contributed by atoms with van der Waals surface area (Å²) in [5.41, 5.74) is 1.38. The molecule has 4 heteroatoms. The lowest BCUT2D eigenvalue weighted by atomic mass is 10.2. The van der Waals surface area contributed by atoms with Crippen LogP contribution in [0.4, 0.5) is 0 Å². The fraction of sp³-hybridized carbons (Fsp3) is 0.250. The SMILES string of the molecule is C=C(C)c1nncc(Cl)c1OC. The van der Waals surface area contributed by atoms with Gasteiger partial charge in [-0.1, -0.05) is 18.2 Å². The Morgan fingerprint density at radius 2 is 2.33 bits per heavy atom. The van der Waals surface area contributed by atoms with Crippen LogP contribution in [0.25, 0.3) is 5.57 Å². The highest BCUT2D eigenvalue weighted by molar-refractivity contribution is 6.32. The van der Waals surface area contributed by atoms with Gasteiger partial charge in [0.15, 0.2) is 5.75 Å². The lowest BCUT2D eigenvalue weighted by Gasteiger charge is -2.06. The van der Waals surface area contributed by atoms with Crippen LogP contribution >= 0.6 is 11.6 Å². The lowest BCUT2D eigenvalue weighted by Crippen LogP contribution is -1.95. The number of hydrogen-bond acceptors (Lipinski definition) is 3. The molecule has 0 unspecified atom stereocenters. The van der Waals surface area contributed by atoms with E-state index in [1.807, 2.05) is 6.92 Å². The summed E-state index contributed by atoms with van der Waals surface area (Å²) in [5.74, 6) is 0.527. The molecule has 1 aromatic rings. The maximum absolute atomic E-state index is 5.80. The van der Waals surface area contributed by atoms with E-state index >= 15 is 0 Å². The molecule has 0 aromatic carbocycles. The maximum atomic E-state index is 5.80. The normalized spacial score (nSPS) is 9.58. The molecule has 0 spiro atoms. The highest BCUT2D eigenvalue weighted by atomic mass is 35.5. The maximum Gasteiger partial charge on any atom is 0.166 e. The average Bonchev–Trinajstić information content (AvgIpc) is 2.03. The predicted molar refractivity (Wildman–Crippen MR) is 48.3 cm³/mol. The Hall–Kier alpha value is -1.09. The fourth-order valence-electron chi connectivity index (χ4n) is 0.828. The minimum Gasteiger partial charge on any atom is -0.493 e. The molecule has 0 atom stereocenters. The summed E-state index contributed by atoms with van der Waals surface area (Å²) in [6, 6.07) is 0. The number of allylic oxidation sites excluding steroid dienone is 1. The Bertz CT molecular complexity index is 312. The van der Waals surface area contributed by atoms with Gasteiger partial charge in [0.1, 0.15) is 10.7 Å². The van der Waals surface area contributed by atoms with Gasteiger partial charge in [0.25, 0.3) is 0 Å². The number of nitrogens with zero attached hydrogens (tertiary/aromatic N) is 2. The molecular weight excluding hydrogens is 176 g/mol. The van der Waals surface area contributed by atoms with Crippen molar-refractivity contribution in [2.24, 2.45) is 0 Å². The molecule has 1 rings (SSSR count). The molecule has 0 aliphatic rings. The van der Waals surface area contributed by atoms with E-state index in [0.717, 1.165) is 5.57 Å². The number of aromatic nitrogens is 2. The number of ether oxygens (including phenoxy) is 1. The summed E-state index contributed by atoms with van der Waals surface area (Å²) in [4.78, 5) is 0. The third kappa shape index (κ3) is 1.56. The van der Waals surface area contributed by atoms with Gasteiger partial charge in [-0.3, -0.25) is 0 Å². The van der Waals surface area contributed by atoms with Crippen LogP contribution in [0.1, 0.15) is 12.6 Å². The highest BCUT2D eigenvalue weighted by Gasteiger charge is 2.09. The van der Waals surface area contributed by atoms with Gasteiger partial charge in [0.05, 0.1) is 13.3 Å². The van der Waals surface area contributed by atoms with E-state index in [-0.39, 0.29) is 0 Å². The van der Waals surface area contributed by atoms with E-state index in [4.69, 9.17) is 16.3 Å². The van der Waals surface area contributed by atoms with Crippen LogP contribution in [-0.2, 0) is 0 Å². The first-order chi connectivity index (χ1) is 5.66. The van der Waals surface area contributed by atoms with E-state index in [1.54, 1.807) is 0 Å². The van der Waals surface area contributed by atoms with Gasteiger partial charge < -0.3 is 4.74 Å². The molecule has 1 heterocycles. The molecule has 12 heavy (non-hydrogen) atoms. The van der Waals surface area contributed by atoms with Gasteiger partial charge in [-0.15, -0.1) is 5.10 Å². The quantitative estimate of drug-likeness (QED) is 0.707. The lowest BCUT2D eigenvalue weighted by molar-refractivity contribution is 0.410. The van der Waals surface area contributed by atoms with Crippen molar-refractivity contribution in [3.63, 3.8) is 0 Å². The molecule has 0 radical (unpaired) electrons. The topological polar surface area (TPSA) is 35.0 Å². The standard InChI is InChI=1S/C8H9ClN2O/c1-5(2)7-8(12-3)6(9)4-10-11-7/h4H,1H2,2-3H3. The summed E-state index contributed by atoms with van der Waals surface area (Å²) in [6.45, 7) is 5.56. The van der Waals surface area contributed by atoms with Gasteiger partial charge in [-0.25, -0.2) is 0 Å². The molecule has 3 nitrogen and oxygen atoms in total. The largest absolute Gasteiger partial charge is 0.493 e. The van der Waals surface area contributed by atoms with Crippen molar-refractivity contribution in [2.45, 2.75) is 6.92 Å². The second kappa shape index (κ2) is 3.54. The molecule has 64 valence electrons. The van der Waals surface area contributed by atoms with Crippen LogP contribution in [0.2, 0.25) is 5.02 Å². The Morgan fingerprint density at radius 1 is 1.67 bits per heavy atom. The highest BCUT2D eigenvalue weighted by Crippen LogP contribution is 2.28. The fourth-order valence-corrected chi connectivity index (χ4v) is 1.04. The number of halogens is 1. The van der Waals surface area contributed by atoms with Crippen molar-refractivity contribution in [1.29, 1.82) is 0 Å². The van der Waals surface area contributed by atoms with Gasteiger partial charge in [0, 0.05) is 0 Å². The van der Waals surface area contributed by atoms with E-state index in [2.05, 4.69) is 16.8 Å². The van der Waals surface area contributed by atoms with E-state index in [1.165, 1.54) is 13.3 Å². The van der Waals surface area contributed by atoms with Crippen LogP contribution in [0, 0.1) is 0 Å². The molecule has 0 aliphatic carbocycles. The van der Waals surface area contributed by atoms with Crippen LogP contribution in [0.3, 0.4) is 0 Å². The molecule has 1 aromatic heterocycles. The zero-order valence-electron chi connectivity index (χ0n) is 6.97. The predicted octanol–water partition coefficient (Wildman–Crippen LogP) is 2.17. The number of hydrogen-bond donors (Lipinski definition) is 0. The van der Waals surface area contributed by atoms with E-state index < -0.39 is 0 Å². The van der Waals surface area contributed by atoms with Gasteiger partial charge >= 0.3 is 0 Å². The number of methoxy groups -OCH3 is 1. The first kappa shape index (κ1) is 9.00. The minimum absolute atomic E-state index is 0.450. The summed E-state index contributed by atoms with van der Waals surface area (Å²) in [6.07, 6.45) is 1.44. The van der Waals surface area contributed by atoms with E-state index in [9.17, 15) is 0 Å². The third-order valence-electron chi connectivity index (χ3n) is 1.37. The van der Waals surface area contributed by atoms with Crippen molar-refractivity contribution >= 4 is 17.2 Å². The number of rotatable bonds is 2. The molecule has 0 aliphatic heterocycles. The molecule has 0 bridgehead atoms. The Balaban J connectivity index is 3.27. The van der Waals surface area contributed by atoms with Crippen molar-refractivity contribution in [2.75, 3.05) is 7.11 Å². The molecule has 0 amide bonds. The zero-order valence-corrected chi connectivity index (χ0v) is 7.72. The Labute approximate surface area is 76.0 Å². The van der Waals surface area contributed by atoms with Gasteiger partial charge in [0.2, 0.25) is 0 Å². The van der Waals surface area contributed by atoms with Crippen molar-refractivity contribution in [1.82, 2.24) is 10.2 Å². The van der Waals surface area contributed by atoms with Gasteiger partial charge in [-0.05, 0) is 12.5 Å². The molecule has 0 N–H and O–H groups in total. The van der Waals surface area contributed by atoms with Crippen LogP contribution in [0.5, 0.6) is 5.75 Å². The van der Waals surface area contributed by atoms with Crippen molar-refractivity contribution in [3.05, 3.63) is 23.5 Å². The van der Waals surface area contributed by atoms with Crippen LogP contribution in [0.15, 0.2) is 12.8 Å². The van der Waals surface area contributed by atoms with Crippen LogP contribution < -0.4 is 4.74 Å². The van der Waals surface area contributed by atoms with Gasteiger partial charge in [-0.2, -0.15) is 5.10 Å². The summed E-state index contributed by atoms with van der Waals surface area (Å²) in [7, 11) is 1.54. The molecule has 0 fully saturated rings. The summed E-state index contributed by atoms with van der Waals surface area (Å²) < 4.78 is 5.04. The Morgan fingerprint density at radius 3 is 2.75 bits per heavy atom. The zero-order chi connectivity index (χ0) is 9.14. The first-order valence-electron chi connectivity index (χ1n) is 3.38.